The van der Waals surface area contributed by atoms with E-state index in [0.29, 0.717) is 6.54 Å². The molecule has 0 unspecified atom stereocenters. The van der Waals surface area contributed by atoms with Crippen molar-refractivity contribution in [1.29, 1.82) is 0 Å². The van der Waals surface area contributed by atoms with Crippen LogP contribution < -0.4 is 5.32 Å². The second-order valence-corrected chi connectivity index (χ2v) is 4.36. The number of imidazole rings is 1. The Morgan fingerprint density at radius 1 is 1.47 bits per heavy atom. The van der Waals surface area contributed by atoms with Crippen LogP contribution in [0.5, 0.6) is 0 Å². The first-order chi connectivity index (χ1) is 8.18. The van der Waals surface area contributed by atoms with Gasteiger partial charge in [-0.1, -0.05) is 0 Å². The van der Waals surface area contributed by atoms with Crippen LogP contribution in [-0.2, 0) is 16.0 Å². The molecule has 0 aliphatic rings. The fourth-order valence-electron chi connectivity index (χ4n) is 1.20. The fraction of sp³-hybridized carbons (Fsp3) is 0.500. The van der Waals surface area contributed by atoms with Crippen molar-refractivity contribution >= 4 is 23.6 Å². The third-order valence-corrected chi connectivity index (χ3v) is 2.84. The smallest absolute Gasteiger partial charge is 0.313 e. The van der Waals surface area contributed by atoms with Gasteiger partial charge in [0.15, 0.2) is 0 Å². The van der Waals surface area contributed by atoms with Crippen molar-refractivity contribution in [3.8, 4) is 0 Å². The second-order valence-electron chi connectivity index (χ2n) is 3.38. The summed E-state index contributed by atoms with van der Waals surface area (Å²) >= 11 is 1.10. The average Bonchev–Trinajstić information content (AvgIpc) is 2.76. The Labute approximate surface area is 103 Å². The molecule has 0 fully saturated rings. The van der Waals surface area contributed by atoms with Gasteiger partial charge < -0.3 is 15.4 Å². The normalized spacial score (nSPS) is 10.1. The standard InChI is InChI=1S/C10H15N3O3S/c14-9(6-17-7-10(15)16)13-3-1-2-8-11-4-5-12-8/h4-5H,1-3,6-7H2,(H,11,12)(H,13,14)(H,15,16). The van der Waals surface area contributed by atoms with Crippen molar-refractivity contribution in [3.63, 3.8) is 0 Å². The van der Waals surface area contributed by atoms with Crippen LogP contribution in [0.2, 0.25) is 0 Å². The Balaban J connectivity index is 1.98. The first-order valence-corrected chi connectivity index (χ1v) is 6.38. The van der Waals surface area contributed by atoms with Gasteiger partial charge in [-0.05, 0) is 6.42 Å². The Hall–Kier alpha value is -1.50. The summed E-state index contributed by atoms with van der Waals surface area (Å²) in [5.41, 5.74) is 0. The maximum absolute atomic E-state index is 11.2. The fourth-order valence-corrected chi connectivity index (χ4v) is 1.76. The van der Waals surface area contributed by atoms with Gasteiger partial charge in [0.2, 0.25) is 5.91 Å². The number of carbonyl (C=O) groups is 2. The average molecular weight is 257 g/mol. The number of nitrogens with zero attached hydrogens (tertiary/aromatic N) is 1. The number of hydrogen-bond acceptors (Lipinski definition) is 4. The molecular weight excluding hydrogens is 242 g/mol. The number of aliphatic carboxylic acids is 1. The molecule has 1 amide bonds. The predicted octanol–water partition coefficient (Wildman–Crippen LogP) is 0.276. The zero-order chi connectivity index (χ0) is 12.5. The van der Waals surface area contributed by atoms with Crippen molar-refractivity contribution in [2.45, 2.75) is 12.8 Å². The molecule has 94 valence electrons. The highest BCUT2D eigenvalue weighted by Crippen LogP contribution is 1.98. The van der Waals surface area contributed by atoms with Gasteiger partial charge in [-0.2, -0.15) is 0 Å². The van der Waals surface area contributed by atoms with Crippen molar-refractivity contribution in [3.05, 3.63) is 18.2 Å². The van der Waals surface area contributed by atoms with Crippen LogP contribution in [0, 0.1) is 0 Å². The van der Waals surface area contributed by atoms with E-state index in [9.17, 15) is 9.59 Å². The maximum Gasteiger partial charge on any atom is 0.313 e. The number of aromatic amines is 1. The summed E-state index contributed by atoms with van der Waals surface area (Å²) in [5, 5.41) is 11.1. The lowest BCUT2D eigenvalue weighted by Gasteiger charge is -2.03. The summed E-state index contributed by atoms with van der Waals surface area (Å²) in [4.78, 5) is 28.5. The van der Waals surface area contributed by atoms with Gasteiger partial charge in [-0.25, -0.2) is 4.98 Å². The highest BCUT2D eigenvalue weighted by molar-refractivity contribution is 8.00. The monoisotopic (exact) mass is 257 g/mol. The minimum Gasteiger partial charge on any atom is -0.481 e. The van der Waals surface area contributed by atoms with E-state index < -0.39 is 5.97 Å². The van der Waals surface area contributed by atoms with Gasteiger partial charge in [-0.3, -0.25) is 9.59 Å². The zero-order valence-corrected chi connectivity index (χ0v) is 10.1. The van der Waals surface area contributed by atoms with E-state index in [1.165, 1.54) is 0 Å². The number of H-pyrrole nitrogens is 1. The first kappa shape index (κ1) is 13.6. The number of hydrogen-bond donors (Lipinski definition) is 3. The Bertz CT molecular complexity index is 354. The van der Waals surface area contributed by atoms with Crippen LogP contribution in [0.4, 0.5) is 0 Å². The van der Waals surface area contributed by atoms with Crippen LogP contribution in [0.3, 0.4) is 0 Å². The van der Waals surface area contributed by atoms with E-state index in [4.69, 9.17) is 5.11 Å². The van der Waals surface area contributed by atoms with Gasteiger partial charge in [0.05, 0.1) is 11.5 Å². The molecule has 6 nitrogen and oxygen atoms in total. The predicted molar refractivity (Wildman–Crippen MR) is 64.9 cm³/mol. The summed E-state index contributed by atoms with van der Waals surface area (Å²) in [6.45, 7) is 0.577. The summed E-state index contributed by atoms with van der Waals surface area (Å²) in [5.74, 6) is 0.0168. The summed E-state index contributed by atoms with van der Waals surface area (Å²) in [6, 6.07) is 0. The van der Waals surface area contributed by atoms with Crippen molar-refractivity contribution < 1.29 is 14.7 Å². The minimum absolute atomic E-state index is 0.0418. The van der Waals surface area contributed by atoms with E-state index in [0.717, 1.165) is 30.4 Å². The molecule has 1 aromatic heterocycles. The molecule has 1 rings (SSSR count). The third-order valence-electron chi connectivity index (χ3n) is 1.93. The molecule has 0 aromatic carbocycles. The van der Waals surface area contributed by atoms with E-state index in [1.54, 1.807) is 12.4 Å². The molecule has 0 aliphatic heterocycles. The molecule has 7 heteroatoms. The lowest BCUT2D eigenvalue weighted by atomic mass is 10.3. The Morgan fingerprint density at radius 3 is 2.94 bits per heavy atom. The van der Waals surface area contributed by atoms with Crippen molar-refractivity contribution in [2.75, 3.05) is 18.1 Å². The number of carboxylic acids is 1. The highest BCUT2D eigenvalue weighted by atomic mass is 32.2. The number of aromatic nitrogens is 2. The Kier molecular flexibility index (Phi) is 6.16. The molecule has 1 heterocycles. The molecule has 3 N–H and O–H groups in total. The van der Waals surface area contributed by atoms with Crippen molar-refractivity contribution in [2.24, 2.45) is 0 Å². The number of carboxylic acid groups (broad SMARTS) is 1. The lowest BCUT2D eigenvalue weighted by molar-refractivity contribution is -0.133. The van der Waals surface area contributed by atoms with Crippen molar-refractivity contribution in [1.82, 2.24) is 15.3 Å². The topological polar surface area (TPSA) is 95.1 Å². The summed E-state index contributed by atoms with van der Waals surface area (Å²) in [7, 11) is 0. The van der Waals surface area contributed by atoms with Crippen LogP contribution in [0.25, 0.3) is 0 Å². The molecule has 0 saturated heterocycles. The molecule has 17 heavy (non-hydrogen) atoms. The number of rotatable bonds is 8. The third kappa shape index (κ3) is 6.62. The number of amides is 1. The van der Waals surface area contributed by atoms with Crippen LogP contribution >= 0.6 is 11.8 Å². The summed E-state index contributed by atoms with van der Waals surface area (Å²) in [6.07, 6.45) is 5.05. The van der Waals surface area contributed by atoms with E-state index in [2.05, 4.69) is 15.3 Å². The molecule has 0 spiro atoms. The van der Waals surface area contributed by atoms with E-state index in [1.807, 2.05) is 0 Å². The first-order valence-electron chi connectivity index (χ1n) is 5.23. The highest BCUT2D eigenvalue weighted by Gasteiger charge is 2.03. The minimum atomic E-state index is -0.902. The SMILES string of the molecule is O=C(O)CSCC(=O)NCCCc1ncc[nH]1. The molecule has 0 aliphatic carbocycles. The molecule has 0 radical (unpaired) electrons. The van der Waals surface area contributed by atoms with E-state index in [-0.39, 0.29) is 17.4 Å². The maximum atomic E-state index is 11.2. The van der Waals surface area contributed by atoms with Gasteiger partial charge in [0.25, 0.3) is 0 Å². The Morgan fingerprint density at radius 2 is 2.29 bits per heavy atom. The number of thioether (sulfide) groups is 1. The van der Waals surface area contributed by atoms with Gasteiger partial charge in [-0.15, -0.1) is 11.8 Å². The van der Waals surface area contributed by atoms with Crippen LogP contribution in [0.1, 0.15) is 12.2 Å². The van der Waals surface area contributed by atoms with Crippen LogP contribution in [0.15, 0.2) is 12.4 Å². The zero-order valence-electron chi connectivity index (χ0n) is 9.31. The number of nitrogens with one attached hydrogen (secondary N) is 2. The molecule has 0 atom stereocenters. The number of aryl methyl sites for hydroxylation is 1. The quantitative estimate of drug-likeness (QED) is 0.581. The van der Waals surface area contributed by atoms with Gasteiger partial charge in [0, 0.05) is 25.4 Å². The summed E-state index contributed by atoms with van der Waals surface area (Å²) < 4.78 is 0. The largest absolute Gasteiger partial charge is 0.481 e. The van der Waals surface area contributed by atoms with Gasteiger partial charge >= 0.3 is 5.97 Å². The second kappa shape index (κ2) is 7.72. The number of carbonyl (C=O) groups excluding carboxylic acids is 1. The molecular formula is C10H15N3O3S. The lowest BCUT2D eigenvalue weighted by Crippen LogP contribution is -2.26. The van der Waals surface area contributed by atoms with E-state index >= 15 is 0 Å². The molecule has 0 saturated carbocycles. The molecule has 0 bridgehead atoms. The van der Waals surface area contributed by atoms with Crippen LogP contribution in [-0.4, -0.2) is 45.0 Å². The van der Waals surface area contributed by atoms with Gasteiger partial charge in [0.1, 0.15) is 5.82 Å². The molecule has 1 aromatic rings.